The number of nitrogens with zero attached hydrogens (tertiary/aromatic N) is 2. The second-order valence-electron chi connectivity index (χ2n) is 8.30. The molecule has 2 aromatic carbocycles. The highest BCUT2D eigenvalue weighted by Crippen LogP contribution is 2.40. The van der Waals surface area contributed by atoms with Gasteiger partial charge in [-0.25, -0.2) is 0 Å². The first-order valence-corrected chi connectivity index (χ1v) is 11.2. The predicted octanol–water partition coefficient (Wildman–Crippen LogP) is 3.86. The molecule has 0 aromatic heterocycles. The maximum absolute atomic E-state index is 13.1. The SMILES string of the molecule is CCCOc1cccc([C@@H]2C(=C(O)c3ccc(OC)cc3)C(=O)C(=O)N2CCCN(C)C)c1. The van der Waals surface area contributed by atoms with Crippen LogP contribution in [0.2, 0.25) is 0 Å². The Bertz CT molecular complexity index is 1010. The van der Waals surface area contributed by atoms with Crippen molar-refractivity contribution in [2.45, 2.75) is 25.8 Å². The topological polar surface area (TPSA) is 79.3 Å². The zero-order chi connectivity index (χ0) is 24.0. The third-order valence-corrected chi connectivity index (χ3v) is 5.55. The van der Waals surface area contributed by atoms with Gasteiger partial charge in [0.25, 0.3) is 11.7 Å². The molecule has 0 bridgehead atoms. The number of aliphatic hydroxyl groups excluding tert-OH is 1. The lowest BCUT2D eigenvalue weighted by Gasteiger charge is -2.26. The summed E-state index contributed by atoms with van der Waals surface area (Å²) < 4.78 is 11.0. The van der Waals surface area contributed by atoms with Gasteiger partial charge in [-0.15, -0.1) is 0 Å². The smallest absolute Gasteiger partial charge is 0.295 e. The van der Waals surface area contributed by atoms with E-state index in [1.807, 2.05) is 50.2 Å². The molecule has 1 fully saturated rings. The number of aliphatic hydroxyl groups is 1. The van der Waals surface area contributed by atoms with Crippen molar-refractivity contribution in [3.63, 3.8) is 0 Å². The van der Waals surface area contributed by atoms with Crippen molar-refractivity contribution in [1.29, 1.82) is 0 Å². The standard InChI is InChI=1S/C26H32N2O5/c1-5-16-33-21-9-6-8-19(17-21)23-22(24(29)18-10-12-20(32-4)13-11-18)25(30)26(31)28(23)15-7-14-27(2)3/h6,8-13,17,23,29H,5,7,14-16H2,1-4H3/t23-/m1/s1. The van der Waals surface area contributed by atoms with Crippen molar-refractivity contribution in [2.75, 3.05) is 40.9 Å². The van der Waals surface area contributed by atoms with Crippen molar-refractivity contribution < 1.29 is 24.2 Å². The van der Waals surface area contributed by atoms with Gasteiger partial charge in [0.15, 0.2) is 0 Å². The van der Waals surface area contributed by atoms with Crippen LogP contribution in [0.5, 0.6) is 11.5 Å². The Hall–Kier alpha value is -3.32. The first kappa shape index (κ1) is 24.3. The summed E-state index contributed by atoms with van der Waals surface area (Å²) in [6, 6.07) is 13.4. The first-order valence-electron chi connectivity index (χ1n) is 11.2. The van der Waals surface area contributed by atoms with E-state index in [0.717, 1.165) is 18.5 Å². The van der Waals surface area contributed by atoms with Crippen LogP contribution in [0.4, 0.5) is 0 Å². The highest BCUT2D eigenvalue weighted by molar-refractivity contribution is 6.46. The van der Waals surface area contributed by atoms with Crippen LogP contribution in [0.1, 0.15) is 36.9 Å². The van der Waals surface area contributed by atoms with Crippen molar-refractivity contribution in [2.24, 2.45) is 0 Å². The summed E-state index contributed by atoms with van der Waals surface area (Å²) >= 11 is 0. The van der Waals surface area contributed by atoms with E-state index >= 15 is 0 Å². The largest absolute Gasteiger partial charge is 0.507 e. The van der Waals surface area contributed by atoms with Gasteiger partial charge in [0, 0.05) is 12.1 Å². The Kier molecular flexibility index (Phi) is 8.11. The Labute approximate surface area is 195 Å². The summed E-state index contributed by atoms with van der Waals surface area (Å²) in [5, 5.41) is 11.1. The number of ketones is 1. The van der Waals surface area contributed by atoms with Gasteiger partial charge in [-0.3, -0.25) is 9.59 Å². The number of rotatable bonds is 10. The van der Waals surface area contributed by atoms with Gasteiger partial charge >= 0.3 is 0 Å². The number of amides is 1. The van der Waals surface area contributed by atoms with Crippen LogP contribution in [0.15, 0.2) is 54.1 Å². The van der Waals surface area contributed by atoms with E-state index in [-0.39, 0.29) is 11.3 Å². The first-order chi connectivity index (χ1) is 15.9. The fourth-order valence-electron chi connectivity index (χ4n) is 3.91. The third kappa shape index (κ3) is 5.54. The number of carbonyl (C=O) groups is 2. The van der Waals surface area contributed by atoms with E-state index in [4.69, 9.17) is 9.47 Å². The second kappa shape index (κ2) is 11.0. The van der Waals surface area contributed by atoms with Gasteiger partial charge in [-0.05, 0) is 75.4 Å². The fraction of sp³-hybridized carbons (Fsp3) is 0.385. The number of hydrogen-bond donors (Lipinski definition) is 1. The maximum Gasteiger partial charge on any atom is 0.295 e. The van der Waals surface area contributed by atoms with Crippen molar-refractivity contribution in [3.05, 3.63) is 65.2 Å². The van der Waals surface area contributed by atoms with E-state index < -0.39 is 17.7 Å². The van der Waals surface area contributed by atoms with Crippen molar-refractivity contribution in [1.82, 2.24) is 9.80 Å². The Balaban J connectivity index is 2.07. The van der Waals surface area contributed by atoms with Gasteiger partial charge in [-0.1, -0.05) is 19.1 Å². The highest BCUT2D eigenvalue weighted by atomic mass is 16.5. The van der Waals surface area contributed by atoms with E-state index in [9.17, 15) is 14.7 Å². The van der Waals surface area contributed by atoms with Crippen LogP contribution < -0.4 is 9.47 Å². The molecule has 176 valence electrons. The lowest BCUT2D eigenvalue weighted by atomic mass is 9.95. The molecule has 1 saturated heterocycles. The number of ether oxygens (including phenoxy) is 2. The minimum Gasteiger partial charge on any atom is -0.507 e. The molecular weight excluding hydrogens is 420 g/mol. The number of benzene rings is 2. The molecule has 2 aromatic rings. The quantitative estimate of drug-likeness (QED) is 0.335. The van der Waals surface area contributed by atoms with E-state index in [1.54, 1.807) is 36.3 Å². The number of likely N-dealkylation sites (tertiary alicyclic amines) is 1. The minimum atomic E-state index is -0.695. The molecule has 1 aliphatic heterocycles. The van der Waals surface area contributed by atoms with Gasteiger partial charge < -0.3 is 24.4 Å². The molecule has 1 amide bonds. The molecule has 0 saturated carbocycles. The van der Waals surface area contributed by atoms with E-state index in [0.29, 0.717) is 36.6 Å². The van der Waals surface area contributed by atoms with Gasteiger partial charge in [0.1, 0.15) is 17.3 Å². The average Bonchev–Trinajstić information content (AvgIpc) is 3.07. The summed E-state index contributed by atoms with van der Waals surface area (Å²) in [7, 11) is 5.48. The van der Waals surface area contributed by atoms with Crippen LogP contribution in [-0.4, -0.2) is 67.5 Å². The van der Waals surface area contributed by atoms with Crippen LogP contribution >= 0.6 is 0 Å². The molecule has 7 nitrogen and oxygen atoms in total. The van der Waals surface area contributed by atoms with Gasteiger partial charge in [-0.2, -0.15) is 0 Å². The summed E-state index contributed by atoms with van der Waals surface area (Å²) in [4.78, 5) is 29.7. The zero-order valence-electron chi connectivity index (χ0n) is 19.7. The number of methoxy groups -OCH3 is 1. The molecule has 1 atom stereocenters. The molecule has 33 heavy (non-hydrogen) atoms. The van der Waals surface area contributed by atoms with Crippen LogP contribution in [-0.2, 0) is 9.59 Å². The average molecular weight is 453 g/mol. The van der Waals surface area contributed by atoms with Crippen LogP contribution in [0.3, 0.4) is 0 Å². The maximum atomic E-state index is 13.1. The molecule has 3 rings (SSSR count). The van der Waals surface area contributed by atoms with Crippen molar-refractivity contribution >= 4 is 17.4 Å². The number of hydrogen-bond acceptors (Lipinski definition) is 6. The fourth-order valence-corrected chi connectivity index (χ4v) is 3.91. The molecule has 0 radical (unpaired) electrons. The molecule has 0 aliphatic carbocycles. The Morgan fingerprint density at radius 3 is 2.45 bits per heavy atom. The molecule has 1 heterocycles. The Morgan fingerprint density at radius 2 is 1.82 bits per heavy atom. The lowest BCUT2D eigenvalue weighted by molar-refractivity contribution is -0.139. The van der Waals surface area contributed by atoms with Crippen LogP contribution in [0, 0.1) is 0 Å². The van der Waals surface area contributed by atoms with E-state index in [2.05, 4.69) is 0 Å². The number of Topliss-reactive ketones (excluding diaryl/α,β-unsaturated/α-hetero) is 1. The van der Waals surface area contributed by atoms with E-state index in [1.165, 1.54) is 0 Å². The molecule has 7 heteroatoms. The van der Waals surface area contributed by atoms with Gasteiger partial charge in [0.05, 0.1) is 25.3 Å². The molecule has 0 unspecified atom stereocenters. The van der Waals surface area contributed by atoms with Crippen LogP contribution in [0.25, 0.3) is 5.76 Å². The monoisotopic (exact) mass is 452 g/mol. The normalized spacial score (nSPS) is 17.6. The minimum absolute atomic E-state index is 0.0858. The van der Waals surface area contributed by atoms with Crippen molar-refractivity contribution in [3.8, 4) is 11.5 Å². The zero-order valence-corrected chi connectivity index (χ0v) is 19.7. The third-order valence-electron chi connectivity index (χ3n) is 5.55. The second-order valence-corrected chi connectivity index (χ2v) is 8.30. The molecule has 1 N–H and O–H groups in total. The highest BCUT2D eigenvalue weighted by Gasteiger charge is 2.45. The molecule has 1 aliphatic rings. The predicted molar refractivity (Wildman–Crippen MR) is 127 cm³/mol. The summed E-state index contributed by atoms with van der Waals surface area (Å²) in [6.45, 7) is 3.76. The lowest BCUT2D eigenvalue weighted by Crippen LogP contribution is -2.32. The summed E-state index contributed by atoms with van der Waals surface area (Å²) in [5.41, 5.74) is 1.26. The Morgan fingerprint density at radius 1 is 1.09 bits per heavy atom. The molecular formula is C26H32N2O5. The number of carbonyl (C=O) groups excluding carboxylic acids is 2. The molecule has 0 spiro atoms. The summed E-state index contributed by atoms with van der Waals surface area (Å²) in [5.74, 6) is -0.187. The van der Waals surface area contributed by atoms with Gasteiger partial charge in [0.2, 0.25) is 0 Å². The summed E-state index contributed by atoms with van der Waals surface area (Å²) in [6.07, 6.45) is 1.57.